The number of benzene rings is 3. The van der Waals surface area contributed by atoms with Gasteiger partial charge in [0.1, 0.15) is 5.54 Å². The van der Waals surface area contributed by atoms with Gasteiger partial charge in [0.15, 0.2) is 0 Å². The molecule has 0 bridgehead atoms. The van der Waals surface area contributed by atoms with Crippen LogP contribution in [0.4, 0.5) is 11.4 Å². The van der Waals surface area contributed by atoms with Crippen molar-refractivity contribution in [1.29, 1.82) is 0 Å². The topological polar surface area (TPSA) is 46.3 Å². The second-order valence-electron chi connectivity index (χ2n) is 5.81. The number of hydrogen-bond donors (Lipinski definition) is 1. The molecule has 120 valence electrons. The zero-order chi connectivity index (χ0) is 17.0. The summed E-state index contributed by atoms with van der Waals surface area (Å²) in [6.45, 7) is 1.87. The van der Waals surface area contributed by atoms with Gasteiger partial charge in [0.2, 0.25) is 5.91 Å². The van der Waals surface area contributed by atoms with Crippen LogP contribution in [0.3, 0.4) is 0 Å². The van der Waals surface area contributed by atoms with E-state index in [1.807, 2.05) is 103 Å². The summed E-state index contributed by atoms with van der Waals surface area (Å²) in [6.07, 6.45) is 0. The van der Waals surface area contributed by atoms with E-state index < -0.39 is 11.4 Å². The zero-order valence-electron chi connectivity index (χ0n) is 13.6. The standard InChI is InChI=1S/C21H20N2O/c1-21(20(22)24,17-11-5-2-6-12-17)23(18-13-7-3-8-14-18)19-15-9-4-10-16-19/h2-16H,1H3,(H2,22,24). The van der Waals surface area contributed by atoms with Crippen LogP contribution in [-0.4, -0.2) is 5.91 Å². The first-order valence-electron chi connectivity index (χ1n) is 7.90. The van der Waals surface area contributed by atoms with Crippen molar-refractivity contribution in [3.8, 4) is 0 Å². The van der Waals surface area contributed by atoms with Crippen molar-refractivity contribution in [3.05, 3.63) is 96.6 Å². The second kappa shape index (κ2) is 6.59. The van der Waals surface area contributed by atoms with Crippen LogP contribution in [0.25, 0.3) is 0 Å². The van der Waals surface area contributed by atoms with E-state index in [0.717, 1.165) is 16.9 Å². The highest BCUT2D eigenvalue weighted by Gasteiger charge is 2.40. The Bertz CT molecular complexity index is 764. The SMILES string of the molecule is CC(C(N)=O)(c1ccccc1)N(c1ccccc1)c1ccccc1. The smallest absolute Gasteiger partial charge is 0.248 e. The first-order chi connectivity index (χ1) is 11.6. The van der Waals surface area contributed by atoms with E-state index in [2.05, 4.69) is 0 Å². The molecule has 0 aliphatic heterocycles. The van der Waals surface area contributed by atoms with Crippen molar-refractivity contribution in [1.82, 2.24) is 0 Å². The second-order valence-corrected chi connectivity index (χ2v) is 5.81. The lowest BCUT2D eigenvalue weighted by molar-refractivity contribution is -0.122. The molecule has 0 saturated heterocycles. The number of primary amides is 1. The lowest BCUT2D eigenvalue weighted by atomic mass is 9.88. The normalized spacial score (nSPS) is 13.0. The predicted octanol–water partition coefficient (Wildman–Crippen LogP) is 4.23. The van der Waals surface area contributed by atoms with Gasteiger partial charge in [-0.3, -0.25) is 4.79 Å². The fraction of sp³-hybridized carbons (Fsp3) is 0.0952. The number of carbonyl (C=O) groups is 1. The average Bonchev–Trinajstić information content (AvgIpc) is 2.64. The van der Waals surface area contributed by atoms with E-state index in [0.29, 0.717) is 0 Å². The van der Waals surface area contributed by atoms with E-state index in [4.69, 9.17) is 5.73 Å². The van der Waals surface area contributed by atoms with Gasteiger partial charge in [-0.2, -0.15) is 0 Å². The van der Waals surface area contributed by atoms with E-state index in [9.17, 15) is 4.79 Å². The lowest BCUT2D eigenvalue weighted by Crippen LogP contribution is -2.51. The summed E-state index contributed by atoms with van der Waals surface area (Å²) < 4.78 is 0. The average molecular weight is 316 g/mol. The third kappa shape index (κ3) is 2.76. The molecule has 2 N–H and O–H groups in total. The van der Waals surface area contributed by atoms with Crippen LogP contribution >= 0.6 is 0 Å². The summed E-state index contributed by atoms with van der Waals surface area (Å²) >= 11 is 0. The molecule has 24 heavy (non-hydrogen) atoms. The highest BCUT2D eigenvalue weighted by Crippen LogP contribution is 2.39. The molecule has 0 aliphatic carbocycles. The molecule has 0 saturated carbocycles. The summed E-state index contributed by atoms with van der Waals surface area (Å²) in [7, 11) is 0. The van der Waals surface area contributed by atoms with Crippen LogP contribution < -0.4 is 10.6 Å². The third-order valence-electron chi connectivity index (χ3n) is 4.29. The Morgan fingerprint density at radius 2 is 1.12 bits per heavy atom. The minimum Gasteiger partial charge on any atom is -0.367 e. The van der Waals surface area contributed by atoms with Crippen molar-refractivity contribution in [2.24, 2.45) is 5.73 Å². The van der Waals surface area contributed by atoms with Crippen LogP contribution in [0, 0.1) is 0 Å². The van der Waals surface area contributed by atoms with Gasteiger partial charge >= 0.3 is 0 Å². The summed E-state index contributed by atoms with van der Waals surface area (Å²) in [5.41, 5.74) is 7.56. The Balaban J connectivity index is 2.25. The molecule has 0 radical (unpaired) electrons. The molecule has 0 heterocycles. The molecule has 0 fully saturated rings. The molecular formula is C21H20N2O. The Hall–Kier alpha value is -3.07. The maximum absolute atomic E-state index is 12.6. The molecule has 0 aromatic heterocycles. The molecule has 1 unspecified atom stereocenters. The van der Waals surface area contributed by atoms with Gasteiger partial charge in [-0.05, 0) is 36.8 Å². The number of para-hydroxylation sites is 2. The molecule has 3 nitrogen and oxygen atoms in total. The Kier molecular flexibility index (Phi) is 4.34. The fourth-order valence-electron chi connectivity index (χ4n) is 2.96. The molecule has 3 heteroatoms. The fourth-order valence-corrected chi connectivity index (χ4v) is 2.96. The summed E-state index contributed by atoms with van der Waals surface area (Å²) in [5, 5.41) is 0. The van der Waals surface area contributed by atoms with E-state index >= 15 is 0 Å². The van der Waals surface area contributed by atoms with Crippen molar-refractivity contribution in [2.45, 2.75) is 12.5 Å². The van der Waals surface area contributed by atoms with E-state index in [1.54, 1.807) is 0 Å². The summed E-state index contributed by atoms with van der Waals surface area (Å²) in [5.74, 6) is -0.401. The van der Waals surface area contributed by atoms with Crippen molar-refractivity contribution in [3.63, 3.8) is 0 Å². The monoisotopic (exact) mass is 316 g/mol. The maximum atomic E-state index is 12.6. The Morgan fingerprint density at radius 1 is 0.750 bits per heavy atom. The van der Waals surface area contributed by atoms with E-state index in [1.165, 1.54) is 0 Å². The number of carbonyl (C=O) groups excluding carboxylic acids is 1. The van der Waals surface area contributed by atoms with Crippen LogP contribution in [0.5, 0.6) is 0 Å². The van der Waals surface area contributed by atoms with Gasteiger partial charge in [0.05, 0.1) is 0 Å². The number of nitrogens with zero attached hydrogens (tertiary/aromatic N) is 1. The largest absolute Gasteiger partial charge is 0.367 e. The van der Waals surface area contributed by atoms with Crippen LogP contribution in [0.15, 0.2) is 91.0 Å². The van der Waals surface area contributed by atoms with Gasteiger partial charge in [-0.1, -0.05) is 66.7 Å². The zero-order valence-corrected chi connectivity index (χ0v) is 13.6. The first-order valence-corrected chi connectivity index (χ1v) is 7.90. The highest BCUT2D eigenvalue weighted by molar-refractivity contribution is 5.92. The lowest BCUT2D eigenvalue weighted by Gasteiger charge is -2.41. The van der Waals surface area contributed by atoms with Gasteiger partial charge < -0.3 is 10.6 Å². The minimum absolute atomic E-state index is 0.401. The molecule has 1 amide bonds. The van der Waals surface area contributed by atoms with E-state index in [-0.39, 0.29) is 0 Å². The van der Waals surface area contributed by atoms with Crippen molar-refractivity contribution < 1.29 is 4.79 Å². The maximum Gasteiger partial charge on any atom is 0.248 e. The van der Waals surface area contributed by atoms with Gasteiger partial charge in [0.25, 0.3) is 0 Å². The Labute approximate surface area is 142 Å². The molecule has 3 aromatic rings. The van der Waals surface area contributed by atoms with Gasteiger partial charge in [-0.15, -0.1) is 0 Å². The van der Waals surface area contributed by atoms with Crippen molar-refractivity contribution in [2.75, 3.05) is 4.90 Å². The van der Waals surface area contributed by atoms with Gasteiger partial charge in [0, 0.05) is 11.4 Å². The van der Waals surface area contributed by atoms with Crippen LogP contribution in [0.2, 0.25) is 0 Å². The quantitative estimate of drug-likeness (QED) is 0.766. The highest BCUT2D eigenvalue weighted by atomic mass is 16.1. The van der Waals surface area contributed by atoms with Crippen molar-refractivity contribution >= 4 is 17.3 Å². The number of nitrogens with two attached hydrogens (primary N) is 1. The molecule has 1 atom stereocenters. The minimum atomic E-state index is -1.01. The van der Waals surface area contributed by atoms with Gasteiger partial charge in [-0.25, -0.2) is 0 Å². The molecule has 0 spiro atoms. The van der Waals surface area contributed by atoms with Crippen LogP contribution in [0.1, 0.15) is 12.5 Å². The third-order valence-corrected chi connectivity index (χ3v) is 4.29. The predicted molar refractivity (Wildman–Crippen MR) is 98.0 cm³/mol. The number of anilines is 2. The molecule has 3 rings (SSSR count). The first kappa shape index (κ1) is 15.8. The number of rotatable bonds is 5. The number of amides is 1. The Morgan fingerprint density at radius 3 is 1.50 bits per heavy atom. The summed E-state index contributed by atoms with van der Waals surface area (Å²) in [6, 6.07) is 29.3. The number of hydrogen-bond acceptors (Lipinski definition) is 2. The molecule has 3 aromatic carbocycles. The molecular weight excluding hydrogens is 296 g/mol. The summed E-state index contributed by atoms with van der Waals surface area (Å²) in [4.78, 5) is 14.6. The molecule has 0 aliphatic rings. The van der Waals surface area contributed by atoms with Crippen LogP contribution in [-0.2, 0) is 10.3 Å².